The number of halogens is 1. The molecule has 6 heteroatoms. The van der Waals surface area contributed by atoms with Gasteiger partial charge in [-0.15, -0.1) is 0 Å². The Balaban J connectivity index is 1.49. The van der Waals surface area contributed by atoms with Crippen LogP contribution in [-0.4, -0.2) is 20.7 Å². The molecule has 0 saturated carbocycles. The number of hydrazone groups is 1. The van der Waals surface area contributed by atoms with E-state index in [4.69, 9.17) is 11.6 Å². The molecule has 148 valence electrons. The Morgan fingerprint density at radius 2 is 1.80 bits per heavy atom. The van der Waals surface area contributed by atoms with Gasteiger partial charge in [0.1, 0.15) is 0 Å². The standard InChI is InChI=1S/C24H20ClN5/c1-16-19(14-26-29-24-27-21-11-5-6-12-22(21)28-24)18-9-3-7-13-23(18)30(16)15-17-8-2-4-10-20(17)25/h2-14H,15H2,1H3,(H2,27,28,29)/b26-14+. The van der Waals surface area contributed by atoms with Crippen molar-refractivity contribution in [1.82, 2.24) is 14.5 Å². The van der Waals surface area contributed by atoms with Crippen LogP contribution in [0, 0.1) is 6.92 Å². The fourth-order valence-electron chi connectivity index (χ4n) is 3.79. The molecule has 0 atom stereocenters. The van der Waals surface area contributed by atoms with E-state index < -0.39 is 0 Å². The number of hydrogen-bond donors (Lipinski definition) is 2. The first-order chi connectivity index (χ1) is 14.7. The van der Waals surface area contributed by atoms with Crippen molar-refractivity contribution in [1.29, 1.82) is 0 Å². The number of aromatic nitrogens is 3. The van der Waals surface area contributed by atoms with Crippen LogP contribution in [0.1, 0.15) is 16.8 Å². The molecule has 5 rings (SSSR count). The Hall–Kier alpha value is -3.57. The van der Waals surface area contributed by atoms with E-state index in [2.05, 4.69) is 56.3 Å². The molecule has 2 aromatic heterocycles. The number of imidazole rings is 1. The molecule has 3 aromatic carbocycles. The number of rotatable bonds is 5. The van der Waals surface area contributed by atoms with Crippen LogP contribution in [0.4, 0.5) is 5.95 Å². The van der Waals surface area contributed by atoms with Crippen molar-refractivity contribution in [2.45, 2.75) is 13.5 Å². The zero-order chi connectivity index (χ0) is 20.5. The maximum atomic E-state index is 6.41. The highest BCUT2D eigenvalue weighted by molar-refractivity contribution is 6.31. The summed E-state index contributed by atoms with van der Waals surface area (Å²) in [4.78, 5) is 7.72. The number of para-hydroxylation sites is 3. The minimum atomic E-state index is 0.616. The summed E-state index contributed by atoms with van der Waals surface area (Å²) in [5, 5.41) is 6.37. The molecule has 0 fully saturated rings. The maximum Gasteiger partial charge on any atom is 0.222 e. The van der Waals surface area contributed by atoms with Gasteiger partial charge in [-0.1, -0.05) is 60.1 Å². The highest BCUT2D eigenvalue weighted by Gasteiger charge is 2.13. The van der Waals surface area contributed by atoms with Crippen LogP contribution >= 0.6 is 11.6 Å². The van der Waals surface area contributed by atoms with Crippen LogP contribution in [0.2, 0.25) is 5.02 Å². The van der Waals surface area contributed by atoms with Crippen molar-refractivity contribution in [3.8, 4) is 0 Å². The van der Waals surface area contributed by atoms with E-state index in [1.807, 2.05) is 54.7 Å². The van der Waals surface area contributed by atoms with Gasteiger partial charge in [-0.05, 0) is 36.8 Å². The van der Waals surface area contributed by atoms with E-state index in [-0.39, 0.29) is 0 Å². The molecule has 0 spiro atoms. The summed E-state index contributed by atoms with van der Waals surface area (Å²) in [5.41, 5.74) is 9.34. The fourth-order valence-corrected chi connectivity index (χ4v) is 3.98. The van der Waals surface area contributed by atoms with Crippen molar-refractivity contribution >= 4 is 45.7 Å². The number of benzene rings is 3. The molecule has 0 bridgehead atoms. The first-order valence-corrected chi connectivity index (χ1v) is 10.1. The van der Waals surface area contributed by atoms with Crippen molar-refractivity contribution in [3.05, 3.63) is 94.6 Å². The van der Waals surface area contributed by atoms with E-state index in [9.17, 15) is 0 Å². The molecule has 2 heterocycles. The SMILES string of the molecule is Cc1c(/C=N/Nc2nc3ccccc3[nH]2)c2ccccc2n1Cc1ccccc1Cl. The van der Waals surface area contributed by atoms with Crippen molar-refractivity contribution < 1.29 is 0 Å². The predicted molar refractivity (Wildman–Crippen MR) is 125 cm³/mol. The Morgan fingerprint density at radius 3 is 2.67 bits per heavy atom. The van der Waals surface area contributed by atoms with Crippen LogP contribution in [0.25, 0.3) is 21.9 Å². The molecule has 5 nitrogen and oxygen atoms in total. The van der Waals surface area contributed by atoms with Crippen LogP contribution in [0.3, 0.4) is 0 Å². The van der Waals surface area contributed by atoms with Gasteiger partial charge in [0.2, 0.25) is 5.95 Å². The number of H-pyrrole nitrogens is 1. The normalized spacial score (nSPS) is 11.7. The van der Waals surface area contributed by atoms with Gasteiger partial charge in [0.15, 0.2) is 0 Å². The van der Waals surface area contributed by atoms with Gasteiger partial charge in [0, 0.05) is 33.7 Å². The smallest absolute Gasteiger partial charge is 0.222 e. The van der Waals surface area contributed by atoms with Gasteiger partial charge in [-0.3, -0.25) is 0 Å². The second-order valence-corrected chi connectivity index (χ2v) is 7.57. The van der Waals surface area contributed by atoms with Crippen molar-refractivity contribution in [2.24, 2.45) is 5.10 Å². The summed E-state index contributed by atoms with van der Waals surface area (Å²) in [6.45, 7) is 2.82. The largest absolute Gasteiger partial charge is 0.340 e. The lowest BCUT2D eigenvalue weighted by Gasteiger charge is -2.10. The third-order valence-corrected chi connectivity index (χ3v) is 5.69. The molecule has 5 aromatic rings. The summed E-state index contributed by atoms with van der Waals surface area (Å²) in [7, 11) is 0. The van der Waals surface area contributed by atoms with E-state index in [0.29, 0.717) is 12.5 Å². The molecular weight excluding hydrogens is 394 g/mol. The monoisotopic (exact) mass is 413 g/mol. The molecular formula is C24H20ClN5. The third-order valence-electron chi connectivity index (χ3n) is 5.32. The quantitative estimate of drug-likeness (QED) is 0.275. The van der Waals surface area contributed by atoms with Crippen molar-refractivity contribution in [2.75, 3.05) is 5.43 Å². The highest BCUT2D eigenvalue weighted by Crippen LogP contribution is 2.27. The Bertz CT molecular complexity index is 1350. The van der Waals surface area contributed by atoms with Crippen LogP contribution in [0.5, 0.6) is 0 Å². The lowest BCUT2D eigenvalue weighted by atomic mass is 10.1. The van der Waals surface area contributed by atoms with Gasteiger partial charge in [-0.25, -0.2) is 10.4 Å². The molecule has 30 heavy (non-hydrogen) atoms. The first kappa shape index (κ1) is 18.5. The topological polar surface area (TPSA) is 58.0 Å². The Kier molecular flexibility index (Phi) is 4.73. The number of fused-ring (bicyclic) bond motifs is 2. The summed E-state index contributed by atoms with van der Waals surface area (Å²) in [5.74, 6) is 0.616. The molecule has 2 N–H and O–H groups in total. The van der Waals surface area contributed by atoms with Gasteiger partial charge in [-0.2, -0.15) is 5.10 Å². The summed E-state index contributed by atoms with van der Waals surface area (Å²) in [6, 6.07) is 24.2. The molecule has 0 unspecified atom stereocenters. The summed E-state index contributed by atoms with van der Waals surface area (Å²) < 4.78 is 2.28. The average molecular weight is 414 g/mol. The van der Waals surface area contributed by atoms with Crippen LogP contribution in [0.15, 0.2) is 77.9 Å². The Labute approximate surface area is 179 Å². The molecule has 0 aliphatic rings. The number of anilines is 1. The molecule has 0 radical (unpaired) electrons. The number of nitrogens with one attached hydrogen (secondary N) is 2. The van der Waals surface area contributed by atoms with Gasteiger partial charge in [0.25, 0.3) is 0 Å². The number of aromatic amines is 1. The zero-order valence-corrected chi connectivity index (χ0v) is 17.2. The maximum absolute atomic E-state index is 6.41. The Morgan fingerprint density at radius 1 is 1.03 bits per heavy atom. The van der Waals surface area contributed by atoms with E-state index in [1.54, 1.807) is 0 Å². The highest BCUT2D eigenvalue weighted by atomic mass is 35.5. The van der Waals surface area contributed by atoms with Gasteiger partial charge in [0.05, 0.1) is 17.2 Å². The summed E-state index contributed by atoms with van der Waals surface area (Å²) in [6.07, 6.45) is 1.86. The van der Waals surface area contributed by atoms with Gasteiger partial charge < -0.3 is 9.55 Å². The van der Waals surface area contributed by atoms with E-state index in [1.165, 1.54) is 0 Å². The minimum Gasteiger partial charge on any atom is -0.340 e. The van der Waals surface area contributed by atoms with Crippen molar-refractivity contribution in [3.63, 3.8) is 0 Å². The predicted octanol–water partition coefficient (Wildman–Crippen LogP) is 5.97. The van der Waals surface area contributed by atoms with E-state index >= 15 is 0 Å². The molecule has 0 amide bonds. The molecule has 0 saturated heterocycles. The van der Waals surface area contributed by atoms with Crippen LogP contribution < -0.4 is 5.43 Å². The fraction of sp³-hybridized carbons (Fsp3) is 0.0833. The van der Waals surface area contributed by atoms with E-state index in [0.717, 1.165) is 43.8 Å². The lowest BCUT2D eigenvalue weighted by Crippen LogP contribution is -2.03. The number of nitrogens with zero attached hydrogens (tertiary/aromatic N) is 3. The lowest BCUT2D eigenvalue weighted by molar-refractivity contribution is 0.804. The molecule has 0 aliphatic heterocycles. The third kappa shape index (κ3) is 3.33. The second-order valence-electron chi connectivity index (χ2n) is 7.17. The molecule has 0 aliphatic carbocycles. The summed E-state index contributed by atoms with van der Waals surface area (Å²) >= 11 is 6.41. The second kappa shape index (κ2) is 7.69. The minimum absolute atomic E-state index is 0.616. The van der Waals surface area contributed by atoms with Crippen LogP contribution in [-0.2, 0) is 6.54 Å². The first-order valence-electron chi connectivity index (χ1n) is 9.76. The average Bonchev–Trinajstić information content (AvgIpc) is 3.29. The zero-order valence-electron chi connectivity index (χ0n) is 16.4. The number of hydrogen-bond acceptors (Lipinski definition) is 3. The van der Waals surface area contributed by atoms with Gasteiger partial charge >= 0.3 is 0 Å².